The van der Waals surface area contributed by atoms with Gasteiger partial charge < -0.3 is 5.32 Å². The maximum absolute atomic E-state index is 11.7. The molecule has 0 aliphatic carbocycles. The lowest BCUT2D eigenvalue weighted by molar-refractivity contribution is -0.697. The van der Waals surface area contributed by atoms with E-state index >= 15 is 0 Å². The maximum atomic E-state index is 11.7. The minimum absolute atomic E-state index is 0.214. The van der Waals surface area contributed by atoms with Crippen LogP contribution in [0, 0.1) is 0 Å². The van der Waals surface area contributed by atoms with Gasteiger partial charge in [-0.2, -0.15) is 0 Å². The molecule has 1 rings (SSSR count). The Hall–Kier alpha value is -1.38. The van der Waals surface area contributed by atoms with Gasteiger partial charge in [-0.15, -0.1) is 0 Å². The second-order valence-electron chi connectivity index (χ2n) is 6.40. The summed E-state index contributed by atoms with van der Waals surface area (Å²) in [5.74, 6) is 0.214. The van der Waals surface area contributed by atoms with Gasteiger partial charge in [0, 0.05) is 31.5 Å². The first-order valence-corrected chi connectivity index (χ1v) is 9.53. The monoisotopic (exact) mass is 319 g/mol. The van der Waals surface area contributed by atoms with E-state index in [1.165, 1.54) is 44.9 Å². The van der Waals surface area contributed by atoms with Crippen LogP contribution in [-0.2, 0) is 11.3 Å². The molecule has 0 saturated carbocycles. The van der Waals surface area contributed by atoms with Crippen LogP contribution in [0.15, 0.2) is 30.6 Å². The van der Waals surface area contributed by atoms with Crippen LogP contribution in [0.3, 0.4) is 0 Å². The minimum atomic E-state index is 0.214. The van der Waals surface area contributed by atoms with Gasteiger partial charge in [0.15, 0.2) is 12.4 Å². The zero-order chi connectivity index (χ0) is 16.6. The largest absolute Gasteiger partial charge is 0.356 e. The van der Waals surface area contributed by atoms with Crippen LogP contribution in [0.4, 0.5) is 0 Å². The normalized spacial score (nSPS) is 10.7. The van der Waals surface area contributed by atoms with Crippen LogP contribution >= 0.6 is 0 Å². The number of nitrogens with zero attached hydrogens (tertiary/aromatic N) is 1. The van der Waals surface area contributed by atoms with Crippen molar-refractivity contribution in [1.29, 1.82) is 0 Å². The number of hydrogen-bond donors (Lipinski definition) is 1. The van der Waals surface area contributed by atoms with Crippen molar-refractivity contribution in [3.8, 4) is 0 Å². The summed E-state index contributed by atoms with van der Waals surface area (Å²) in [5.41, 5.74) is 0. The molecule has 1 heterocycles. The zero-order valence-electron chi connectivity index (χ0n) is 14.9. The Kier molecular flexibility index (Phi) is 12.2. The summed E-state index contributed by atoms with van der Waals surface area (Å²) >= 11 is 0. The molecule has 1 aromatic rings. The third-order valence-corrected chi connectivity index (χ3v) is 4.20. The Labute approximate surface area is 142 Å². The van der Waals surface area contributed by atoms with E-state index in [9.17, 15) is 4.79 Å². The molecule has 130 valence electrons. The summed E-state index contributed by atoms with van der Waals surface area (Å²) in [6, 6.07) is 6.10. The lowest BCUT2D eigenvalue weighted by Crippen LogP contribution is -2.32. The van der Waals surface area contributed by atoms with Gasteiger partial charge in [0.1, 0.15) is 6.54 Å². The molecule has 1 N–H and O–H groups in total. The van der Waals surface area contributed by atoms with E-state index in [4.69, 9.17) is 0 Å². The predicted molar refractivity (Wildman–Crippen MR) is 96.1 cm³/mol. The molecule has 0 saturated heterocycles. The number of hydrogen-bond acceptors (Lipinski definition) is 1. The van der Waals surface area contributed by atoms with Gasteiger partial charge in [0.2, 0.25) is 5.91 Å². The molecule has 3 nitrogen and oxygen atoms in total. The average molecular weight is 320 g/mol. The Morgan fingerprint density at radius 1 is 0.826 bits per heavy atom. The first kappa shape index (κ1) is 19.7. The smallest absolute Gasteiger partial charge is 0.219 e. The third kappa shape index (κ3) is 11.8. The number of pyridine rings is 1. The standard InChI is InChI=1S/C20H34N2O/c1-2-3-4-5-6-7-8-11-16-21-20(23)15-10-14-19-22-17-12-9-13-18-22/h9,12-13,17-18H,2-8,10-11,14-16,19H2,1H3/p+1. The van der Waals surface area contributed by atoms with Gasteiger partial charge in [0.25, 0.3) is 0 Å². The topological polar surface area (TPSA) is 33.0 Å². The fraction of sp³-hybridized carbons (Fsp3) is 0.700. The van der Waals surface area contributed by atoms with Gasteiger partial charge in [-0.3, -0.25) is 4.79 Å². The molecule has 0 bridgehead atoms. The van der Waals surface area contributed by atoms with Crippen LogP contribution < -0.4 is 9.88 Å². The van der Waals surface area contributed by atoms with Crippen molar-refractivity contribution >= 4 is 5.91 Å². The van der Waals surface area contributed by atoms with E-state index < -0.39 is 0 Å². The van der Waals surface area contributed by atoms with Crippen LogP contribution in [0.1, 0.15) is 77.6 Å². The van der Waals surface area contributed by atoms with Crippen molar-refractivity contribution in [3.63, 3.8) is 0 Å². The number of nitrogens with one attached hydrogen (secondary N) is 1. The number of rotatable bonds is 14. The summed E-state index contributed by atoms with van der Waals surface area (Å²) < 4.78 is 2.17. The Balaban J connectivity index is 1.85. The van der Waals surface area contributed by atoms with E-state index in [0.29, 0.717) is 6.42 Å². The van der Waals surface area contributed by atoms with Crippen molar-refractivity contribution in [3.05, 3.63) is 30.6 Å². The predicted octanol–water partition coefficient (Wildman–Crippen LogP) is 4.40. The SMILES string of the molecule is CCCCCCCCCCNC(=O)CCCC[n+]1ccccc1. The first-order chi connectivity index (χ1) is 11.3. The number of carbonyl (C=O) groups excluding carboxylic acids is 1. The zero-order valence-corrected chi connectivity index (χ0v) is 14.9. The van der Waals surface area contributed by atoms with Crippen molar-refractivity contribution in [1.82, 2.24) is 5.32 Å². The summed E-state index contributed by atoms with van der Waals surface area (Å²) in [5, 5.41) is 3.05. The second-order valence-corrected chi connectivity index (χ2v) is 6.40. The van der Waals surface area contributed by atoms with Gasteiger partial charge >= 0.3 is 0 Å². The second kappa shape index (κ2) is 14.2. The van der Waals surface area contributed by atoms with Gasteiger partial charge in [0.05, 0.1) is 0 Å². The van der Waals surface area contributed by atoms with E-state index in [1.54, 1.807) is 0 Å². The summed E-state index contributed by atoms with van der Waals surface area (Å²) in [6.45, 7) is 4.09. The quantitative estimate of drug-likeness (QED) is 0.400. The molecule has 0 atom stereocenters. The highest BCUT2D eigenvalue weighted by molar-refractivity contribution is 5.75. The van der Waals surface area contributed by atoms with Crippen molar-refractivity contribution in [2.45, 2.75) is 84.1 Å². The lowest BCUT2D eigenvalue weighted by Gasteiger charge is -2.05. The minimum Gasteiger partial charge on any atom is -0.356 e. The van der Waals surface area contributed by atoms with Crippen molar-refractivity contribution < 1.29 is 9.36 Å². The van der Waals surface area contributed by atoms with Gasteiger partial charge in [-0.1, -0.05) is 57.9 Å². The lowest BCUT2D eigenvalue weighted by atomic mass is 10.1. The van der Waals surface area contributed by atoms with Gasteiger partial charge in [-0.05, 0) is 12.8 Å². The highest BCUT2D eigenvalue weighted by Crippen LogP contribution is 2.07. The summed E-state index contributed by atoms with van der Waals surface area (Å²) in [6.07, 6.45) is 17.3. The Bertz CT molecular complexity index is 392. The maximum Gasteiger partial charge on any atom is 0.219 e. The van der Waals surface area contributed by atoms with Crippen LogP contribution in [0.25, 0.3) is 0 Å². The summed E-state index contributed by atoms with van der Waals surface area (Å²) in [4.78, 5) is 11.7. The van der Waals surface area contributed by atoms with E-state index in [2.05, 4.69) is 29.2 Å². The number of aromatic nitrogens is 1. The average Bonchev–Trinajstić information content (AvgIpc) is 2.58. The Morgan fingerprint density at radius 3 is 2.17 bits per heavy atom. The molecule has 0 aliphatic heterocycles. The molecule has 0 fully saturated rings. The highest BCUT2D eigenvalue weighted by atomic mass is 16.1. The van der Waals surface area contributed by atoms with Crippen LogP contribution in [0.2, 0.25) is 0 Å². The fourth-order valence-electron chi connectivity index (χ4n) is 2.74. The molecule has 0 spiro atoms. The summed E-state index contributed by atoms with van der Waals surface area (Å²) in [7, 11) is 0. The Morgan fingerprint density at radius 2 is 1.48 bits per heavy atom. The molecule has 1 aromatic heterocycles. The van der Waals surface area contributed by atoms with Crippen molar-refractivity contribution in [2.24, 2.45) is 0 Å². The molecule has 1 amide bonds. The number of carbonyl (C=O) groups is 1. The molecule has 0 unspecified atom stereocenters. The van der Waals surface area contributed by atoms with Crippen molar-refractivity contribution in [2.75, 3.05) is 6.54 Å². The number of unbranched alkanes of at least 4 members (excludes halogenated alkanes) is 8. The molecule has 23 heavy (non-hydrogen) atoms. The van der Waals surface area contributed by atoms with E-state index in [-0.39, 0.29) is 5.91 Å². The van der Waals surface area contributed by atoms with Crippen LogP contribution in [-0.4, -0.2) is 12.5 Å². The number of amides is 1. The molecular weight excluding hydrogens is 284 g/mol. The van der Waals surface area contributed by atoms with E-state index in [0.717, 1.165) is 32.4 Å². The van der Waals surface area contributed by atoms with E-state index in [1.807, 2.05) is 18.2 Å². The van der Waals surface area contributed by atoms with Gasteiger partial charge in [-0.25, -0.2) is 4.57 Å². The first-order valence-electron chi connectivity index (χ1n) is 9.53. The molecule has 0 radical (unpaired) electrons. The van der Waals surface area contributed by atoms with Crippen LogP contribution in [0.5, 0.6) is 0 Å². The fourth-order valence-corrected chi connectivity index (χ4v) is 2.74. The highest BCUT2D eigenvalue weighted by Gasteiger charge is 2.02. The molecule has 0 aromatic carbocycles. The molecule has 3 heteroatoms. The third-order valence-electron chi connectivity index (χ3n) is 4.20. The number of aryl methyl sites for hydroxylation is 1. The molecule has 0 aliphatic rings. The molecular formula is C20H35N2O+.